The van der Waals surface area contributed by atoms with E-state index in [-0.39, 0.29) is 12.6 Å². The lowest BCUT2D eigenvalue weighted by atomic mass is 9.96. The SMILES string of the molecule is CN(C1CCCCC1)S(=O)(=O)N1CCCC(CCO)C1. The van der Waals surface area contributed by atoms with E-state index in [1.807, 2.05) is 0 Å². The molecule has 2 aliphatic rings. The number of aliphatic hydroxyl groups is 1. The highest BCUT2D eigenvalue weighted by Gasteiger charge is 2.35. The van der Waals surface area contributed by atoms with E-state index in [1.54, 1.807) is 15.7 Å². The molecule has 1 aliphatic heterocycles. The van der Waals surface area contributed by atoms with Crippen molar-refractivity contribution in [2.45, 2.75) is 57.4 Å². The van der Waals surface area contributed by atoms with Crippen molar-refractivity contribution in [3.63, 3.8) is 0 Å². The molecule has 1 N–H and O–H groups in total. The third-order valence-corrected chi connectivity index (χ3v) is 6.81. The van der Waals surface area contributed by atoms with Crippen LogP contribution in [-0.4, -0.2) is 54.9 Å². The number of aliphatic hydroxyl groups excluding tert-OH is 1. The monoisotopic (exact) mass is 304 g/mol. The van der Waals surface area contributed by atoms with Gasteiger partial charge in [-0.25, -0.2) is 0 Å². The van der Waals surface area contributed by atoms with E-state index in [0.29, 0.717) is 25.4 Å². The van der Waals surface area contributed by atoms with Gasteiger partial charge in [0.2, 0.25) is 0 Å². The fourth-order valence-electron chi connectivity index (χ4n) is 3.47. The first-order chi connectivity index (χ1) is 9.55. The van der Waals surface area contributed by atoms with Gasteiger partial charge in [0.15, 0.2) is 0 Å². The maximum atomic E-state index is 12.7. The number of hydrogen-bond acceptors (Lipinski definition) is 3. The zero-order valence-corrected chi connectivity index (χ0v) is 13.3. The van der Waals surface area contributed by atoms with Crippen LogP contribution in [0.1, 0.15) is 51.4 Å². The van der Waals surface area contributed by atoms with E-state index >= 15 is 0 Å². The van der Waals surface area contributed by atoms with Gasteiger partial charge in [-0.05, 0) is 38.0 Å². The van der Waals surface area contributed by atoms with Crippen LogP contribution in [-0.2, 0) is 10.2 Å². The molecule has 0 aromatic carbocycles. The summed E-state index contributed by atoms with van der Waals surface area (Å²) in [6.45, 7) is 1.35. The van der Waals surface area contributed by atoms with Gasteiger partial charge in [0.25, 0.3) is 10.2 Å². The summed E-state index contributed by atoms with van der Waals surface area (Å²) in [4.78, 5) is 0. The molecule has 0 amide bonds. The normalized spacial score (nSPS) is 27.1. The molecule has 2 fully saturated rings. The second-order valence-electron chi connectivity index (χ2n) is 6.19. The standard InChI is InChI=1S/C14H28N2O3S/c1-15(14-7-3-2-4-8-14)20(18,19)16-10-5-6-13(12-16)9-11-17/h13-14,17H,2-12H2,1H3. The molecular weight excluding hydrogens is 276 g/mol. The maximum absolute atomic E-state index is 12.7. The Balaban J connectivity index is 2.00. The molecule has 20 heavy (non-hydrogen) atoms. The van der Waals surface area contributed by atoms with Crippen LogP contribution in [0.25, 0.3) is 0 Å². The van der Waals surface area contributed by atoms with Crippen molar-refractivity contribution in [1.82, 2.24) is 8.61 Å². The summed E-state index contributed by atoms with van der Waals surface area (Å²) >= 11 is 0. The minimum absolute atomic E-state index is 0.150. The summed E-state index contributed by atoms with van der Waals surface area (Å²) in [6.07, 6.45) is 8.12. The molecule has 118 valence electrons. The highest BCUT2D eigenvalue weighted by atomic mass is 32.2. The summed E-state index contributed by atoms with van der Waals surface area (Å²) in [7, 11) is -1.59. The van der Waals surface area contributed by atoms with Crippen molar-refractivity contribution < 1.29 is 13.5 Å². The number of hydrogen-bond donors (Lipinski definition) is 1. The maximum Gasteiger partial charge on any atom is 0.281 e. The first kappa shape index (κ1) is 16.2. The van der Waals surface area contributed by atoms with E-state index in [1.165, 1.54) is 6.42 Å². The van der Waals surface area contributed by atoms with Crippen molar-refractivity contribution in [3.8, 4) is 0 Å². The van der Waals surface area contributed by atoms with Gasteiger partial charge in [0.05, 0.1) is 0 Å². The fraction of sp³-hybridized carbons (Fsp3) is 1.00. The molecule has 1 unspecified atom stereocenters. The lowest BCUT2D eigenvalue weighted by Crippen LogP contribution is -2.50. The smallest absolute Gasteiger partial charge is 0.281 e. The van der Waals surface area contributed by atoms with Gasteiger partial charge < -0.3 is 5.11 Å². The van der Waals surface area contributed by atoms with Crippen molar-refractivity contribution in [2.75, 3.05) is 26.7 Å². The molecule has 0 aromatic rings. The summed E-state index contributed by atoms with van der Waals surface area (Å²) in [5.74, 6) is 0.309. The Morgan fingerprint density at radius 1 is 1.15 bits per heavy atom. The van der Waals surface area contributed by atoms with Crippen LogP contribution in [0.2, 0.25) is 0 Å². The average molecular weight is 304 g/mol. The number of piperidine rings is 1. The molecule has 0 radical (unpaired) electrons. The summed E-state index contributed by atoms with van der Waals surface area (Å²) in [5, 5.41) is 9.04. The van der Waals surface area contributed by atoms with E-state index in [4.69, 9.17) is 5.11 Å². The fourth-order valence-corrected chi connectivity index (χ4v) is 5.18. The molecule has 0 spiro atoms. The van der Waals surface area contributed by atoms with E-state index in [2.05, 4.69) is 0 Å². The second kappa shape index (κ2) is 7.20. The molecule has 2 rings (SSSR count). The van der Waals surface area contributed by atoms with Crippen LogP contribution in [0.3, 0.4) is 0 Å². The summed E-state index contributed by atoms with van der Waals surface area (Å²) in [5.41, 5.74) is 0. The van der Waals surface area contributed by atoms with Gasteiger partial charge in [-0.1, -0.05) is 19.3 Å². The minimum atomic E-state index is -3.33. The van der Waals surface area contributed by atoms with Crippen LogP contribution in [0.15, 0.2) is 0 Å². The number of nitrogens with zero attached hydrogens (tertiary/aromatic N) is 2. The first-order valence-electron chi connectivity index (χ1n) is 7.89. The Morgan fingerprint density at radius 2 is 1.85 bits per heavy atom. The van der Waals surface area contributed by atoms with E-state index < -0.39 is 10.2 Å². The predicted octanol–water partition coefficient (Wildman–Crippen LogP) is 1.59. The van der Waals surface area contributed by atoms with Gasteiger partial charge in [-0.2, -0.15) is 17.0 Å². The molecule has 1 heterocycles. The van der Waals surface area contributed by atoms with Crippen LogP contribution in [0.4, 0.5) is 0 Å². The molecule has 1 saturated heterocycles. The van der Waals surface area contributed by atoms with Gasteiger partial charge in [0, 0.05) is 32.8 Å². The quantitative estimate of drug-likeness (QED) is 0.839. The van der Waals surface area contributed by atoms with Crippen molar-refractivity contribution in [3.05, 3.63) is 0 Å². The van der Waals surface area contributed by atoms with Gasteiger partial charge in [0.1, 0.15) is 0 Å². The first-order valence-corrected chi connectivity index (χ1v) is 9.29. The van der Waals surface area contributed by atoms with Crippen molar-refractivity contribution in [2.24, 2.45) is 5.92 Å². The highest BCUT2D eigenvalue weighted by molar-refractivity contribution is 7.86. The third-order valence-electron chi connectivity index (χ3n) is 4.80. The molecule has 1 aliphatic carbocycles. The van der Waals surface area contributed by atoms with Gasteiger partial charge in [-0.3, -0.25) is 0 Å². The Kier molecular flexibility index (Phi) is 5.84. The van der Waals surface area contributed by atoms with Gasteiger partial charge >= 0.3 is 0 Å². The number of rotatable bonds is 5. The molecule has 6 heteroatoms. The molecular formula is C14H28N2O3S. The average Bonchev–Trinajstić information content (AvgIpc) is 2.48. The van der Waals surface area contributed by atoms with Gasteiger partial charge in [-0.15, -0.1) is 0 Å². The Morgan fingerprint density at radius 3 is 2.50 bits per heavy atom. The Hall–Kier alpha value is -0.170. The molecule has 0 aromatic heterocycles. The molecule has 1 atom stereocenters. The summed E-state index contributed by atoms with van der Waals surface area (Å²) in [6, 6.07) is 0.173. The molecule has 0 bridgehead atoms. The predicted molar refractivity (Wildman–Crippen MR) is 79.6 cm³/mol. The minimum Gasteiger partial charge on any atom is -0.396 e. The van der Waals surface area contributed by atoms with E-state index in [0.717, 1.165) is 38.5 Å². The van der Waals surface area contributed by atoms with Crippen LogP contribution >= 0.6 is 0 Å². The topological polar surface area (TPSA) is 60.9 Å². The van der Waals surface area contributed by atoms with Crippen LogP contribution < -0.4 is 0 Å². The van der Waals surface area contributed by atoms with E-state index in [9.17, 15) is 8.42 Å². The third kappa shape index (κ3) is 3.72. The second-order valence-corrected chi connectivity index (χ2v) is 8.18. The lowest BCUT2D eigenvalue weighted by molar-refractivity contribution is 0.190. The zero-order valence-electron chi connectivity index (χ0n) is 12.5. The Labute approximate surface area is 123 Å². The zero-order chi connectivity index (χ0) is 14.6. The Bertz CT molecular complexity index is 391. The molecule has 5 nitrogen and oxygen atoms in total. The van der Waals surface area contributed by atoms with Crippen molar-refractivity contribution in [1.29, 1.82) is 0 Å². The van der Waals surface area contributed by atoms with Crippen LogP contribution in [0.5, 0.6) is 0 Å². The molecule has 1 saturated carbocycles. The lowest BCUT2D eigenvalue weighted by Gasteiger charge is -2.38. The summed E-state index contributed by atoms with van der Waals surface area (Å²) < 4.78 is 28.7. The highest BCUT2D eigenvalue weighted by Crippen LogP contribution is 2.27. The largest absolute Gasteiger partial charge is 0.396 e. The van der Waals surface area contributed by atoms with Crippen molar-refractivity contribution >= 4 is 10.2 Å². The van der Waals surface area contributed by atoms with Crippen LogP contribution in [0, 0.1) is 5.92 Å².